The molecule has 1 aromatic heterocycles. The smallest absolute Gasteiger partial charge is 0.139 e. The molecular formula is C15H14N4O. The van der Waals surface area contributed by atoms with Crippen molar-refractivity contribution in [3.05, 3.63) is 72.8 Å². The van der Waals surface area contributed by atoms with E-state index < -0.39 is 0 Å². The van der Waals surface area contributed by atoms with E-state index in [-0.39, 0.29) is 5.75 Å². The maximum atomic E-state index is 9.58. The minimum atomic E-state index is 0.263. The first kappa shape index (κ1) is 12.2. The van der Waals surface area contributed by atoms with Crippen molar-refractivity contribution in [2.45, 2.75) is 6.54 Å². The molecule has 2 aromatic carbocycles. The van der Waals surface area contributed by atoms with Crippen molar-refractivity contribution in [2.24, 2.45) is 0 Å². The SMILES string of the molecule is Oc1cccc(CN(c2ccccc2)n2cnnc2)c1. The second-order valence-electron chi connectivity index (χ2n) is 4.40. The summed E-state index contributed by atoms with van der Waals surface area (Å²) in [6.45, 7) is 0.608. The fraction of sp³-hybridized carbons (Fsp3) is 0.0667. The predicted octanol–water partition coefficient (Wildman–Crippen LogP) is 2.45. The molecule has 3 aromatic rings. The number of benzene rings is 2. The molecule has 3 rings (SSSR count). The van der Waals surface area contributed by atoms with E-state index in [1.54, 1.807) is 24.8 Å². The van der Waals surface area contributed by atoms with Gasteiger partial charge in [-0.2, -0.15) is 0 Å². The van der Waals surface area contributed by atoms with Crippen LogP contribution in [0.15, 0.2) is 67.3 Å². The highest BCUT2D eigenvalue weighted by Gasteiger charge is 2.09. The number of phenolic OH excluding ortho intramolecular Hbond substituents is 1. The van der Waals surface area contributed by atoms with Gasteiger partial charge in [0.25, 0.3) is 0 Å². The lowest BCUT2D eigenvalue weighted by atomic mass is 10.2. The van der Waals surface area contributed by atoms with Crippen LogP contribution in [0.3, 0.4) is 0 Å². The molecule has 0 aliphatic heterocycles. The Kier molecular flexibility index (Phi) is 3.33. The standard InChI is InChI=1S/C15H14N4O/c20-15-8-4-5-13(9-15)10-19(18-11-16-17-12-18)14-6-2-1-3-7-14/h1-9,11-12,20H,10H2. The zero-order valence-corrected chi connectivity index (χ0v) is 10.8. The number of nitrogens with zero attached hydrogens (tertiary/aromatic N) is 4. The molecular weight excluding hydrogens is 252 g/mol. The topological polar surface area (TPSA) is 54.2 Å². The molecule has 5 heteroatoms. The van der Waals surface area contributed by atoms with Gasteiger partial charge >= 0.3 is 0 Å². The zero-order valence-electron chi connectivity index (χ0n) is 10.8. The maximum absolute atomic E-state index is 9.58. The first-order valence-electron chi connectivity index (χ1n) is 6.28. The van der Waals surface area contributed by atoms with Crippen LogP contribution in [0.1, 0.15) is 5.56 Å². The quantitative estimate of drug-likeness (QED) is 0.788. The number of phenols is 1. The van der Waals surface area contributed by atoms with Crippen molar-refractivity contribution in [3.63, 3.8) is 0 Å². The third-order valence-electron chi connectivity index (χ3n) is 2.98. The van der Waals surface area contributed by atoms with Crippen LogP contribution in [-0.4, -0.2) is 20.0 Å². The Hall–Kier alpha value is -2.82. The van der Waals surface area contributed by atoms with Crippen LogP contribution in [0.25, 0.3) is 0 Å². The highest BCUT2D eigenvalue weighted by molar-refractivity contribution is 5.46. The van der Waals surface area contributed by atoms with Gasteiger partial charge in [0, 0.05) is 0 Å². The summed E-state index contributed by atoms with van der Waals surface area (Å²) < 4.78 is 1.82. The van der Waals surface area contributed by atoms with Crippen LogP contribution >= 0.6 is 0 Å². The number of para-hydroxylation sites is 1. The summed E-state index contributed by atoms with van der Waals surface area (Å²) in [5.41, 5.74) is 2.03. The monoisotopic (exact) mass is 266 g/mol. The average molecular weight is 266 g/mol. The molecule has 0 saturated heterocycles. The van der Waals surface area contributed by atoms with Crippen LogP contribution in [-0.2, 0) is 6.54 Å². The Balaban J connectivity index is 1.95. The fourth-order valence-electron chi connectivity index (χ4n) is 2.05. The summed E-state index contributed by atoms with van der Waals surface area (Å²) in [5.74, 6) is 0.263. The maximum Gasteiger partial charge on any atom is 0.139 e. The average Bonchev–Trinajstić information content (AvgIpc) is 3.00. The van der Waals surface area contributed by atoms with Crippen molar-refractivity contribution in [1.82, 2.24) is 14.9 Å². The number of rotatable bonds is 4. The van der Waals surface area contributed by atoms with Gasteiger partial charge in [-0.1, -0.05) is 30.3 Å². The van der Waals surface area contributed by atoms with Crippen molar-refractivity contribution >= 4 is 5.69 Å². The van der Waals surface area contributed by atoms with E-state index in [0.717, 1.165) is 11.3 Å². The Morgan fingerprint density at radius 1 is 0.950 bits per heavy atom. The lowest BCUT2D eigenvalue weighted by molar-refractivity contribution is 0.474. The largest absolute Gasteiger partial charge is 0.508 e. The van der Waals surface area contributed by atoms with E-state index >= 15 is 0 Å². The predicted molar refractivity (Wildman–Crippen MR) is 76.2 cm³/mol. The van der Waals surface area contributed by atoms with Crippen LogP contribution in [0.5, 0.6) is 5.75 Å². The Labute approximate surface area is 116 Å². The van der Waals surface area contributed by atoms with Gasteiger partial charge in [-0.25, -0.2) is 4.68 Å². The molecule has 0 atom stereocenters. The van der Waals surface area contributed by atoms with E-state index in [4.69, 9.17) is 0 Å². The molecule has 20 heavy (non-hydrogen) atoms. The third kappa shape index (κ3) is 2.61. The van der Waals surface area contributed by atoms with Crippen molar-refractivity contribution in [3.8, 4) is 5.75 Å². The van der Waals surface area contributed by atoms with E-state index in [1.165, 1.54) is 0 Å². The Morgan fingerprint density at radius 2 is 1.70 bits per heavy atom. The third-order valence-corrected chi connectivity index (χ3v) is 2.98. The number of anilines is 1. The highest BCUT2D eigenvalue weighted by atomic mass is 16.3. The second kappa shape index (κ2) is 5.44. The van der Waals surface area contributed by atoms with Gasteiger partial charge in [0.1, 0.15) is 18.4 Å². The molecule has 0 aliphatic carbocycles. The molecule has 0 aliphatic rings. The van der Waals surface area contributed by atoms with Gasteiger partial charge in [0.15, 0.2) is 0 Å². The minimum Gasteiger partial charge on any atom is -0.508 e. The first-order valence-corrected chi connectivity index (χ1v) is 6.28. The summed E-state index contributed by atoms with van der Waals surface area (Å²) >= 11 is 0. The van der Waals surface area contributed by atoms with Crippen LogP contribution in [0.4, 0.5) is 5.69 Å². The summed E-state index contributed by atoms with van der Waals surface area (Å²) in [5, 5.41) is 19.3. The molecule has 1 heterocycles. The van der Waals surface area contributed by atoms with Crippen molar-refractivity contribution < 1.29 is 5.11 Å². The van der Waals surface area contributed by atoms with Crippen LogP contribution in [0, 0.1) is 0 Å². The molecule has 0 fully saturated rings. The molecule has 0 saturated carbocycles. The van der Waals surface area contributed by atoms with E-state index in [9.17, 15) is 5.11 Å². The number of hydrogen-bond acceptors (Lipinski definition) is 4. The number of aromatic hydroxyl groups is 1. The van der Waals surface area contributed by atoms with Crippen LogP contribution < -0.4 is 5.01 Å². The minimum absolute atomic E-state index is 0.263. The van der Waals surface area contributed by atoms with Crippen molar-refractivity contribution in [2.75, 3.05) is 5.01 Å². The zero-order chi connectivity index (χ0) is 13.8. The number of hydrogen-bond donors (Lipinski definition) is 1. The van der Waals surface area contributed by atoms with Crippen molar-refractivity contribution in [1.29, 1.82) is 0 Å². The summed E-state index contributed by atoms with van der Waals surface area (Å²) in [6.07, 6.45) is 3.30. The molecule has 100 valence electrons. The molecule has 5 nitrogen and oxygen atoms in total. The molecule has 0 radical (unpaired) electrons. The Morgan fingerprint density at radius 3 is 2.40 bits per heavy atom. The number of aromatic nitrogens is 3. The van der Waals surface area contributed by atoms with Crippen LogP contribution in [0.2, 0.25) is 0 Å². The lowest BCUT2D eigenvalue weighted by Gasteiger charge is -2.25. The van der Waals surface area contributed by atoms with E-state index in [2.05, 4.69) is 10.2 Å². The molecule has 0 bridgehead atoms. The molecule has 0 amide bonds. The summed E-state index contributed by atoms with van der Waals surface area (Å²) in [6, 6.07) is 17.2. The van der Waals surface area contributed by atoms with Gasteiger partial charge in [-0.3, -0.25) is 5.01 Å². The van der Waals surface area contributed by atoms with Gasteiger partial charge in [0.05, 0.1) is 12.2 Å². The molecule has 1 N–H and O–H groups in total. The van der Waals surface area contributed by atoms with Gasteiger partial charge in [-0.05, 0) is 29.8 Å². The highest BCUT2D eigenvalue weighted by Crippen LogP contribution is 2.19. The molecule has 0 unspecified atom stereocenters. The van der Waals surface area contributed by atoms with Gasteiger partial charge < -0.3 is 5.11 Å². The second-order valence-corrected chi connectivity index (χ2v) is 4.40. The van der Waals surface area contributed by atoms with Gasteiger partial charge in [-0.15, -0.1) is 10.2 Å². The van der Waals surface area contributed by atoms with E-state index in [0.29, 0.717) is 6.54 Å². The fourth-order valence-corrected chi connectivity index (χ4v) is 2.05. The summed E-state index contributed by atoms with van der Waals surface area (Å²) in [7, 11) is 0. The lowest BCUT2D eigenvalue weighted by Crippen LogP contribution is -2.27. The molecule has 0 spiro atoms. The van der Waals surface area contributed by atoms with E-state index in [1.807, 2.05) is 52.1 Å². The normalized spacial score (nSPS) is 10.4. The first-order chi connectivity index (χ1) is 9.83. The van der Waals surface area contributed by atoms with Gasteiger partial charge in [0.2, 0.25) is 0 Å². The Bertz CT molecular complexity index is 667. The summed E-state index contributed by atoms with van der Waals surface area (Å²) in [4.78, 5) is 0.